The predicted molar refractivity (Wildman–Crippen MR) is 65.1 cm³/mol. The number of nitrogen functional groups attached to an aromatic ring is 1. The molecule has 0 spiro atoms. The summed E-state index contributed by atoms with van der Waals surface area (Å²) in [4.78, 5) is 3.98. The van der Waals surface area contributed by atoms with Gasteiger partial charge in [0.05, 0.1) is 0 Å². The third-order valence-electron chi connectivity index (χ3n) is 2.11. The molecule has 0 radical (unpaired) electrons. The number of pyridine rings is 1. The van der Waals surface area contributed by atoms with E-state index in [1.807, 2.05) is 0 Å². The Morgan fingerprint density at radius 3 is 2.53 bits per heavy atom. The molecule has 0 aliphatic heterocycles. The van der Waals surface area contributed by atoms with E-state index in [4.69, 9.17) is 5.73 Å². The molecule has 0 amide bonds. The van der Waals surface area contributed by atoms with Crippen LogP contribution in [0.5, 0.6) is 5.75 Å². The highest BCUT2D eigenvalue weighted by molar-refractivity contribution is 5.59. The number of nitrogens with one attached hydrogen (secondary N) is 1. The molecular weight excluding hydrogens is 259 g/mol. The number of nitrogens with two attached hydrogens (primary N) is 1. The van der Waals surface area contributed by atoms with Crippen LogP contribution in [-0.4, -0.2) is 11.3 Å². The van der Waals surface area contributed by atoms with Gasteiger partial charge in [0.1, 0.15) is 17.4 Å². The van der Waals surface area contributed by atoms with Crippen LogP contribution in [0, 0.1) is 0 Å². The second kappa shape index (κ2) is 5.05. The molecule has 1 aromatic heterocycles. The third kappa shape index (κ3) is 4.06. The average Bonchev–Trinajstić information content (AvgIpc) is 2.27. The summed E-state index contributed by atoms with van der Waals surface area (Å²) in [5, 5.41) is 2.83. The molecule has 0 bridgehead atoms. The maximum absolute atomic E-state index is 12.1. The summed E-state index contributed by atoms with van der Waals surface area (Å²) in [5.41, 5.74) is 5.92. The maximum Gasteiger partial charge on any atom is 0.573 e. The largest absolute Gasteiger partial charge is 0.573 e. The van der Waals surface area contributed by atoms with E-state index in [0.717, 1.165) is 0 Å². The van der Waals surface area contributed by atoms with Crippen molar-refractivity contribution in [3.05, 3.63) is 42.5 Å². The fourth-order valence-corrected chi connectivity index (χ4v) is 1.44. The molecule has 2 rings (SSSR count). The lowest BCUT2D eigenvalue weighted by atomic mass is 10.3. The molecule has 0 saturated heterocycles. The number of nitrogens with zero attached hydrogens (tertiary/aromatic N) is 1. The van der Waals surface area contributed by atoms with Crippen molar-refractivity contribution in [3.8, 4) is 5.75 Å². The number of alkyl halides is 3. The zero-order valence-electron chi connectivity index (χ0n) is 9.61. The molecule has 0 aliphatic carbocycles. The van der Waals surface area contributed by atoms with E-state index in [9.17, 15) is 13.2 Å². The number of ether oxygens (including phenoxy) is 1. The van der Waals surface area contributed by atoms with Crippen molar-refractivity contribution in [1.29, 1.82) is 0 Å². The van der Waals surface area contributed by atoms with Crippen LogP contribution in [0.25, 0.3) is 0 Å². The molecule has 1 aromatic carbocycles. The van der Waals surface area contributed by atoms with E-state index >= 15 is 0 Å². The van der Waals surface area contributed by atoms with Gasteiger partial charge >= 0.3 is 6.36 Å². The van der Waals surface area contributed by atoms with Crippen molar-refractivity contribution in [1.82, 2.24) is 4.98 Å². The van der Waals surface area contributed by atoms with Gasteiger partial charge in [-0.05, 0) is 24.3 Å². The molecule has 0 unspecified atom stereocenters. The monoisotopic (exact) mass is 269 g/mol. The molecule has 0 saturated carbocycles. The van der Waals surface area contributed by atoms with Crippen LogP contribution in [0.4, 0.5) is 30.5 Å². The minimum atomic E-state index is -4.71. The Balaban J connectivity index is 2.15. The molecule has 100 valence electrons. The van der Waals surface area contributed by atoms with E-state index in [2.05, 4.69) is 15.0 Å². The zero-order chi connectivity index (χ0) is 13.9. The molecule has 7 heteroatoms. The van der Waals surface area contributed by atoms with Crippen molar-refractivity contribution in [3.63, 3.8) is 0 Å². The Morgan fingerprint density at radius 1 is 1.11 bits per heavy atom. The van der Waals surface area contributed by atoms with E-state index in [0.29, 0.717) is 17.3 Å². The second-order valence-corrected chi connectivity index (χ2v) is 3.65. The van der Waals surface area contributed by atoms with Gasteiger partial charge in [0, 0.05) is 11.8 Å². The van der Waals surface area contributed by atoms with Gasteiger partial charge < -0.3 is 15.8 Å². The predicted octanol–water partition coefficient (Wildman–Crippen LogP) is 3.31. The van der Waals surface area contributed by atoms with Gasteiger partial charge in [0.15, 0.2) is 0 Å². The lowest BCUT2D eigenvalue weighted by Gasteiger charge is -2.11. The van der Waals surface area contributed by atoms with Crippen LogP contribution in [0.15, 0.2) is 42.5 Å². The van der Waals surface area contributed by atoms with Crippen molar-refractivity contribution < 1.29 is 17.9 Å². The van der Waals surface area contributed by atoms with E-state index < -0.39 is 6.36 Å². The minimum absolute atomic E-state index is 0.304. The summed E-state index contributed by atoms with van der Waals surface area (Å²) in [6.07, 6.45) is -4.71. The molecule has 2 aromatic rings. The number of aromatic nitrogens is 1. The molecule has 4 nitrogen and oxygen atoms in total. The molecule has 19 heavy (non-hydrogen) atoms. The Bertz CT molecular complexity index is 572. The van der Waals surface area contributed by atoms with Crippen LogP contribution in [0.1, 0.15) is 0 Å². The van der Waals surface area contributed by atoms with Crippen molar-refractivity contribution >= 4 is 17.3 Å². The first-order valence-corrected chi connectivity index (χ1v) is 5.28. The first kappa shape index (κ1) is 13.0. The van der Waals surface area contributed by atoms with Gasteiger partial charge in [0.2, 0.25) is 0 Å². The summed E-state index contributed by atoms with van der Waals surface area (Å²) in [7, 11) is 0. The van der Waals surface area contributed by atoms with Crippen molar-refractivity contribution in [2.45, 2.75) is 6.36 Å². The molecule has 0 aliphatic rings. The number of benzene rings is 1. The highest BCUT2D eigenvalue weighted by Crippen LogP contribution is 2.26. The summed E-state index contributed by atoms with van der Waals surface area (Å²) in [6.45, 7) is 0. The molecule has 3 N–H and O–H groups in total. The standard InChI is InChI=1S/C12H10F3N3O/c13-12(14,15)19-9-4-1-3-8(7-9)17-11-6-2-5-10(16)18-11/h1-7H,(H3,16,17,18). The Morgan fingerprint density at radius 2 is 1.84 bits per heavy atom. The van der Waals surface area contributed by atoms with E-state index in [1.54, 1.807) is 24.3 Å². The van der Waals surface area contributed by atoms with Gasteiger partial charge in [-0.15, -0.1) is 13.2 Å². The Hall–Kier alpha value is -2.44. The van der Waals surface area contributed by atoms with Crippen LogP contribution in [-0.2, 0) is 0 Å². The van der Waals surface area contributed by atoms with E-state index in [-0.39, 0.29) is 5.75 Å². The van der Waals surface area contributed by atoms with Gasteiger partial charge in [-0.3, -0.25) is 0 Å². The molecular formula is C12H10F3N3O. The Kier molecular flexibility index (Phi) is 3.46. The first-order valence-electron chi connectivity index (χ1n) is 5.28. The topological polar surface area (TPSA) is 60.2 Å². The first-order chi connectivity index (χ1) is 8.92. The van der Waals surface area contributed by atoms with Crippen LogP contribution in [0.2, 0.25) is 0 Å². The normalized spacial score (nSPS) is 11.1. The molecule has 0 atom stereocenters. The summed E-state index contributed by atoms with van der Waals surface area (Å²) in [5.74, 6) is 0.443. The fourth-order valence-electron chi connectivity index (χ4n) is 1.44. The van der Waals surface area contributed by atoms with Gasteiger partial charge in [0.25, 0.3) is 0 Å². The fraction of sp³-hybridized carbons (Fsp3) is 0.0833. The van der Waals surface area contributed by atoms with Crippen LogP contribution < -0.4 is 15.8 Å². The number of rotatable bonds is 3. The second-order valence-electron chi connectivity index (χ2n) is 3.65. The van der Waals surface area contributed by atoms with Crippen molar-refractivity contribution in [2.75, 3.05) is 11.1 Å². The Labute approximate surface area is 107 Å². The number of halogens is 3. The SMILES string of the molecule is Nc1cccc(Nc2cccc(OC(F)(F)F)c2)n1. The highest BCUT2D eigenvalue weighted by atomic mass is 19.4. The number of anilines is 3. The zero-order valence-corrected chi connectivity index (χ0v) is 9.61. The summed E-state index contributed by atoms with van der Waals surface area (Å²) in [6, 6.07) is 10.4. The lowest BCUT2D eigenvalue weighted by molar-refractivity contribution is -0.274. The summed E-state index contributed by atoms with van der Waals surface area (Å²) < 4.78 is 40.1. The molecule has 0 fully saturated rings. The quantitative estimate of drug-likeness (QED) is 0.897. The smallest absolute Gasteiger partial charge is 0.406 e. The van der Waals surface area contributed by atoms with Crippen LogP contribution >= 0.6 is 0 Å². The van der Waals surface area contributed by atoms with Gasteiger partial charge in [-0.25, -0.2) is 4.98 Å². The van der Waals surface area contributed by atoms with Crippen LogP contribution in [0.3, 0.4) is 0 Å². The van der Waals surface area contributed by atoms with Crippen molar-refractivity contribution in [2.24, 2.45) is 0 Å². The summed E-state index contributed by atoms with van der Waals surface area (Å²) >= 11 is 0. The van der Waals surface area contributed by atoms with Gasteiger partial charge in [-0.1, -0.05) is 12.1 Å². The highest BCUT2D eigenvalue weighted by Gasteiger charge is 2.31. The average molecular weight is 269 g/mol. The van der Waals surface area contributed by atoms with Gasteiger partial charge in [-0.2, -0.15) is 0 Å². The number of hydrogen-bond acceptors (Lipinski definition) is 4. The molecule has 1 heterocycles. The maximum atomic E-state index is 12.1. The lowest BCUT2D eigenvalue weighted by Crippen LogP contribution is -2.17. The number of hydrogen-bond donors (Lipinski definition) is 2. The third-order valence-corrected chi connectivity index (χ3v) is 2.11. The van der Waals surface area contributed by atoms with E-state index in [1.165, 1.54) is 18.2 Å². The minimum Gasteiger partial charge on any atom is -0.406 e.